The van der Waals surface area contributed by atoms with Gasteiger partial charge in [0.15, 0.2) is 0 Å². The first kappa shape index (κ1) is 33.7. The fourth-order valence-electron chi connectivity index (χ4n) is 5.54. The molecule has 2 heterocycles. The Hall–Kier alpha value is -4.18. The lowest BCUT2D eigenvalue weighted by molar-refractivity contribution is -0.143. The van der Waals surface area contributed by atoms with Crippen molar-refractivity contribution in [2.45, 2.75) is 83.7 Å². The number of aromatic nitrogens is 2. The Bertz CT molecular complexity index is 1370. The molecule has 0 radical (unpaired) electrons. The molecule has 3 amide bonds. The van der Waals surface area contributed by atoms with Crippen LogP contribution in [0.1, 0.15) is 58.2 Å². The summed E-state index contributed by atoms with van der Waals surface area (Å²) in [5, 5.41) is 17.5. The molecule has 0 saturated carbocycles. The second-order valence-electron chi connectivity index (χ2n) is 13.3. The summed E-state index contributed by atoms with van der Waals surface area (Å²) in [5.74, 6) is -1.24. The molecule has 3 N–H and O–H groups in total. The van der Waals surface area contributed by atoms with Crippen molar-refractivity contribution < 1.29 is 24.2 Å². The molecule has 1 aliphatic heterocycles. The number of alkyl carbamates (subject to hydrolysis) is 1. The molecule has 242 valence electrons. The fourth-order valence-corrected chi connectivity index (χ4v) is 5.54. The van der Waals surface area contributed by atoms with Gasteiger partial charge in [-0.25, -0.2) is 9.78 Å². The van der Waals surface area contributed by atoms with Crippen LogP contribution in [-0.4, -0.2) is 74.3 Å². The molecule has 4 atom stereocenters. The third kappa shape index (κ3) is 9.91. The number of nitrogens with zero attached hydrogens (tertiary/aromatic N) is 3. The molecule has 0 aliphatic carbocycles. The van der Waals surface area contributed by atoms with Gasteiger partial charge in [0.05, 0.1) is 24.5 Å². The van der Waals surface area contributed by atoms with E-state index < -0.39 is 35.8 Å². The van der Waals surface area contributed by atoms with Crippen molar-refractivity contribution in [2.24, 2.45) is 11.8 Å². The van der Waals surface area contributed by atoms with E-state index >= 15 is 0 Å². The minimum Gasteiger partial charge on any atom is -0.444 e. The third-order valence-electron chi connectivity index (χ3n) is 8.04. The van der Waals surface area contributed by atoms with Gasteiger partial charge in [-0.2, -0.15) is 0 Å². The van der Waals surface area contributed by atoms with Crippen LogP contribution >= 0.6 is 0 Å². The molecule has 1 aliphatic rings. The summed E-state index contributed by atoms with van der Waals surface area (Å²) in [4.78, 5) is 46.1. The van der Waals surface area contributed by atoms with E-state index in [1.54, 1.807) is 38.2 Å². The number of hydrogen-bond donors (Lipinski definition) is 3. The second-order valence-corrected chi connectivity index (χ2v) is 13.3. The highest BCUT2D eigenvalue weighted by molar-refractivity contribution is 5.89. The van der Waals surface area contributed by atoms with Gasteiger partial charge >= 0.3 is 6.09 Å². The predicted molar refractivity (Wildman–Crippen MR) is 172 cm³/mol. The van der Waals surface area contributed by atoms with Gasteiger partial charge in [0.1, 0.15) is 11.6 Å². The van der Waals surface area contributed by atoms with Gasteiger partial charge in [-0.1, -0.05) is 74.5 Å². The summed E-state index contributed by atoms with van der Waals surface area (Å²) in [6.45, 7) is 10.3. The zero-order chi connectivity index (χ0) is 32.6. The highest BCUT2D eigenvalue weighted by atomic mass is 16.6. The SMILES string of the molecule is CC(C)[C@H](NC(=O)C(Cc1ccccc1)CC(O)C(Cc1ccccc1)NC(=O)OC(C)(C)C)C(=O)N1CC(n2ccnc2)C1. The Kier molecular flexibility index (Phi) is 11.4. The van der Waals surface area contributed by atoms with Crippen LogP contribution < -0.4 is 10.6 Å². The van der Waals surface area contributed by atoms with Crippen LogP contribution in [0.4, 0.5) is 4.79 Å². The number of amides is 3. The van der Waals surface area contributed by atoms with Gasteiger partial charge < -0.3 is 29.9 Å². The molecule has 1 saturated heterocycles. The summed E-state index contributed by atoms with van der Waals surface area (Å²) in [6.07, 6.45) is 4.42. The van der Waals surface area contributed by atoms with E-state index in [1.165, 1.54) is 0 Å². The standard InChI is InChI=1S/C35H47N5O5/c1-24(2)31(33(43)40-21-28(22-40)39-17-16-36-23-39)38-32(42)27(18-25-12-8-6-9-13-25)20-30(41)29(19-26-14-10-7-11-15-26)37-34(44)45-35(3,4)5/h6-17,23-24,27-31,41H,18-22H2,1-5H3,(H,37,44)(H,38,42)/t27?,29?,30?,31-/m0/s1. The number of aliphatic hydroxyl groups is 1. The molecule has 3 aromatic rings. The normalized spacial score (nSPS) is 16.3. The second kappa shape index (κ2) is 15.2. The van der Waals surface area contributed by atoms with Gasteiger partial charge in [0.2, 0.25) is 11.8 Å². The van der Waals surface area contributed by atoms with Crippen molar-refractivity contribution in [1.82, 2.24) is 25.1 Å². The number of carbonyl (C=O) groups is 3. The Balaban J connectivity index is 1.50. The number of benzene rings is 2. The average molecular weight is 618 g/mol. The highest BCUT2D eigenvalue weighted by Crippen LogP contribution is 2.24. The van der Waals surface area contributed by atoms with E-state index in [0.29, 0.717) is 25.9 Å². The van der Waals surface area contributed by atoms with Crippen molar-refractivity contribution in [3.8, 4) is 0 Å². The maximum absolute atomic E-state index is 14.0. The number of likely N-dealkylation sites (tertiary alicyclic amines) is 1. The molecule has 4 rings (SSSR count). The van der Waals surface area contributed by atoms with Crippen LogP contribution in [0.15, 0.2) is 79.4 Å². The summed E-state index contributed by atoms with van der Waals surface area (Å²) >= 11 is 0. The van der Waals surface area contributed by atoms with Gasteiger partial charge in [0.25, 0.3) is 0 Å². The van der Waals surface area contributed by atoms with E-state index in [-0.39, 0.29) is 30.2 Å². The largest absolute Gasteiger partial charge is 0.444 e. The number of aliphatic hydroxyl groups excluding tert-OH is 1. The smallest absolute Gasteiger partial charge is 0.407 e. The quantitative estimate of drug-likeness (QED) is 0.265. The van der Waals surface area contributed by atoms with Crippen LogP contribution in [0.5, 0.6) is 0 Å². The van der Waals surface area contributed by atoms with Crippen molar-refractivity contribution >= 4 is 17.9 Å². The molecule has 45 heavy (non-hydrogen) atoms. The minimum atomic E-state index is -1.07. The van der Waals surface area contributed by atoms with Gasteiger partial charge in [0, 0.05) is 31.4 Å². The topological polar surface area (TPSA) is 126 Å². The minimum absolute atomic E-state index is 0.0689. The zero-order valence-electron chi connectivity index (χ0n) is 26.9. The van der Waals surface area contributed by atoms with E-state index in [2.05, 4.69) is 15.6 Å². The van der Waals surface area contributed by atoms with E-state index in [1.807, 2.05) is 85.3 Å². The molecule has 3 unspecified atom stereocenters. The van der Waals surface area contributed by atoms with Crippen LogP contribution in [0.3, 0.4) is 0 Å². The molecule has 10 nitrogen and oxygen atoms in total. The predicted octanol–water partition coefficient (Wildman–Crippen LogP) is 4.15. The number of hydrogen-bond acceptors (Lipinski definition) is 6. The summed E-state index contributed by atoms with van der Waals surface area (Å²) in [7, 11) is 0. The summed E-state index contributed by atoms with van der Waals surface area (Å²) < 4.78 is 7.48. The first-order valence-corrected chi connectivity index (χ1v) is 15.7. The van der Waals surface area contributed by atoms with Crippen LogP contribution in [-0.2, 0) is 27.2 Å². The Labute approximate surface area is 266 Å². The number of nitrogens with one attached hydrogen (secondary N) is 2. The van der Waals surface area contributed by atoms with Crippen molar-refractivity contribution in [3.63, 3.8) is 0 Å². The molecule has 0 bridgehead atoms. The monoisotopic (exact) mass is 617 g/mol. The third-order valence-corrected chi connectivity index (χ3v) is 8.04. The van der Waals surface area contributed by atoms with E-state index in [4.69, 9.17) is 4.74 Å². The molecule has 10 heteroatoms. The maximum atomic E-state index is 14.0. The number of carbonyl (C=O) groups excluding carboxylic acids is 3. The first-order valence-electron chi connectivity index (χ1n) is 15.7. The highest BCUT2D eigenvalue weighted by Gasteiger charge is 2.38. The van der Waals surface area contributed by atoms with E-state index in [0.717, 1.165) is 11.1 Å². The van der Waals surface area contributed by atoms with Gasteiger partial charge in [-0.05, 0) is 57.1 Å². The molecule has 0 spiro atoms. The van der Waals surface area contributed by atoms with Crippen LogP contribution in [0, 0.1) is 11.8 Å². The van der Waals surface area contributed by atoms with Gasteiger partial charge in [-0.3, -0.25) is 9.59 Å². The molecular weight excluding hydrogens is 570 g/mol. The van der Waals surface area contributed by atoms with Gasteiger partial charge in [-0.15, -0.1) is 0 Å². The Morgan fingerprint density at radius 2 is 1.56 bits per heavy atom. The summed E-state index contributed by atoms with van der Waals surface area (Å²) in [6, 6.07) is 17.9. The number of ether oxygens (including phenoxy) is 1. The Morgan fingerprint density at radius 1 is 0.956 bits per heavy atom. The first-order chi connectivity index (χ1) is 21.4. The molecule has 1 aromatic heterocycles. The van der Waals surface area contributed by atoms with Crippen molar-refractivity contribution in [3.05, 3.63) is 90.5 Å². The zero-order valence-corrected chi connectivity index (χ0v) is 26.9. The fraction of sp³-hybridized carbons (Fsp3) is 0.486. The number of rotatable bonds is 13. The lowest BCUT2D eigenvalue weighted by Gasteiger charge is -2.42. The lowest BCUT2D eigenvalue weighted by Crippen LogP contribution is -2.59. The average Bonchev–Trinajstić information content (AvgIpc) is 3.48. The van der Waals surface area contributed by atoms with Crippen molar-refractivity contribution in [1.29, 1.82) is 0 Å². The molecule has 1 fully saturated rings. The van der Waals surface area contributed by atoms with Crippen LogP contribution in [0.2, 0.25) is 0 Å². The van der Waals surface area contributed by atoms with E-state index in [9.17, 15) is 19.5 Å². The lowest BCUT2D eigenvalue weighted by atomic mass is 9.88. The molecule has 2 aromatic carbocycles. The Morgan fingerprint density at radius 3 is 2.09 bits per heavy atom. The maximum Gasteiger partial charge on any atom is 0.407 e. The molecular formula is C35H47N5O5. The summed E-state index contributed by atoms with van der Waals surface area (Å²) in [5.41, 5.74) is 1.15. The number of imidazole rings is 1. The van der Waals surface area contributed by atoms with Crippen molar-refractivity contribution in [2.75, 3.05) is 13.1 Å². The van der Waals surface area contributed by atoms with Crippen LogP contribution in [0.25, 0.3) is 0 Å².